The third kappa shape index (κ3) is 14.3. The molecule has 0 radical (unpaired) electrons. The normalized spacial score (nSPS) is 12.0. The second kappa shape index (κ2) is 22.1. The number of nitrogens with two attached hydrogens (primary N) is 1. The highest BCUT2D eigenvalue weighted by atomic mass is 33.1. The molecular formula is C39H52N5S2+. The Morgan fingerprint density at radius 3 is 1.96 bits per heavy atom. The molecule has 244 valence electrons. The van der Waals surface area contributed by atoms with Crippen LogP contribution in [0.5, 0.6) is 0 Å². The maximum atomic E-state index is 5.63. The van der Waals surface area contributed by atoms with Gasteiger partial charge in [-0.25, -0.2) is 4.57 Å². The Labute approximate surface area is 286 Å². The van der Waals surface area contributed by atoms with E-state index in [0.29, 0.717) is 6.54 Å². The van der Waals surface area contributed by atoms with E-state index in [9.17, 15) is 0 Å². The fourth-order valence-electron chi connectivity index (χ4n) is 4.53. The van der Waals surface area contributed by atoms with Crippen molar-refractivity contribution in [2.75, 3.05) is 61.6 Å². The summed E-state index contributed by atoms with van der Waals surface area (Å²) in [6.45, 7) is 10.7. The summed E-state index contributed by atoms with van der Waals surface area (Å²) in [5.41, 5.74) is 12.7. The molecule has 0 spiro atoms. The third-order valence-electron chi connectivity index (χ3n) is 7.49. The van der Waals surface area contributed by atoms with Crippen LogP contribution in [0.2, 0.25) is 0 Å². The Morgan fingerprint density at radius 1 is 0.804 bits per heavy atom. The van der Waals surface area contributed by atoms with Crippen molar-refractivity contribution in [1.82, 2.24) is 0 Å². The van der Waals surface area contributed by atoms with E-state index in [1.165, 1.54) is 35.3 Å². The molecule has 7 heteroatoms. The van der Waals surface area contributed by atoms with Crippen LogP contribution in [0.25, 0.3) is 18.2 Å². The summed E-state index contributed by atoms with van der Waals surface area (Å²) in [5, 5.41) is 0. The number of hydrogen-bond donors (Lipinski definition) is 1. The van der Waals surface area contributed by atoms with Crippen LogP contribution >= 0.6 is 21.6 Å². The van der Waals surface area contributed by atoms with E-state index in [4.69, 9.17) is 5.73 Å². The number of aliphatic imine (C=N–C) groups is 1. The first-order chi connectivity index (χ1) is 22.5. The maximum Gasteiger partial charge on any atom is 0.169 e. The number of nitrogens with zero attached hydrogens (tertiary/aromatic N) is 4. The topological polar surface area (TPSA) is 48.7 Å². The molecule has 0 aliphatic carbocycles. The van der Waals surface area contributed by atoms with Crippen molar-refractivity contribution in [2.24, 2.45) is 10.7 Å². The number of aryl methyl sites for hydroxylation is 1. The highest BCUT2D eigenvalue weighted by molar-refractivity contribution is 8.76. The van der Waals surface area contributed by atoms with Gasteiger partial charge in [0.15, 0.2) is 18.9 Å². The van der Waals surface area contributed by atoms with E-state index in [2.05, 4.69) is 144 Å². The lowest BCUT2D eigenvalue weighted by molar-refractivity contribution is -0.692. The average Bonchev–Trinajstić information content (AvgIpc) is 3.10. The molecule has 2 N–H and O–H groups in total. The Bertz CT molecular complexity index is 1390. The molecule has 46 heavy (non-hydrogen) atoms. The van der Waals surface area contributed by atoms with E-state index < -0.39 is 0 Å². The number of allylic oxidation sites excluding steroid dienone is 4. The molecule has 1 heterocycles. The first kappa shape index (κ1) is 36.9. The third-order valence-corrected chi connectivity index (χ3v) is 9.86. The van der Waals surface area contributed by atoms with E-state index in [-0.39, 0.29) is 0 Å². The van der Waals surface area contributed by atoms with Gasteiger partial charge in [-0.1, -0.05) is 96.2 Å². The Morgan fingerprint density at radius 2 is 1.37 bits per heavy atom. The molecule has 0 aliphatic rings. The smallest absolute Gasteiger partial charge is 0.169 e. The fraction of sp³-hybridized carbons (Fsp3) is 0.333. The molecule has 1 aromatic heterocycles. The van der Waals surface area contributed by atoms with Crippen LogP contribution in [-0.2, 0) is 6.54 Å². The summed E-state index contributed by atoms with van der Waals surface area (Å²) in [6.07, 6.45) is 22.1. The van der Waals surface area contributed by atoms with Gasteiger partial charge in [0.2, 0.25) is 0 Å². The van der Waals surface area contributed by atoms with E-state index in [1.807, 2.05) is 40.0 Å². The second-order valence-corrected chi connectivity index (χ2v) is 13.8. The first-order valence-electron chi connectivity index (χ1n) is 16.3. The Balaban J connectivity index is 1.30. The van der Waals surface area contributed by atoms with Gasteiger partial charge in [-0.2, -0.15) is 0 Å². The lowest BCUT2D eigenvalue weighted by atomic mass is 10.1. The molecule has 0 fully saturated rings. The first-order valence-corrected chi connectivity index (χ1v) is 18.8. The van der Waals surface area contributed by atoms with E-state index in [0.717, 1.165) is 55.2 Å². The molecule has 0 unspecified atom stereocenters. The van der Waals surface area contributed by atoms with Crippen molar-refractivity contribution in [2.45, 2.75) is 32.7 Å². The summed E-state index contributed by atoms with van der Waals surface area (Å²) < 4.78 is 2.25. The van der Waals surface area contributed by atoms with Gasteiger partial charge in [0, 0.05) is 69.2 Å². The van der Waals surface area contributed by atoms with Crippen LogP contribution < -0.4 is 20.1 Å². The van der Waals surface area contributed by atoms with Crippen LogP contribution in [0.3, 0.4) is 0 Å². The molecule has 0 aliphatic heterocycles. The van der Waals surface area contributed by atoms with Crippen molar-refractivity contribution in [3.05, 3.63) is 120 Å². The van der Waals surface area contributed by atoms with E-state index in [1.54, 1.807) is 0 Å². The molecule has 0 atom stereocenters. The highest BCUT2D eigenvalue weighted by Crippen LogP contribution is 2.20. The van der Waals surface area contributed by atoms with E-state index >= 15 is 0 Å². The number of unbranched alkanes of at least 4 members (excludes halogenated alkanes) is 1. The monoisotopic (exact) mass is 654 g/mol. The molecule has 3 aromatic rings. The van der Waals surface area contributed by atoms with Gasteiger partial charge in [-0.3, -0.25) is 4.99 Å². The van der Waals surface area contributed by atoms with Crippen molar-refractivity contribution in [3.63, 3.8) is 0 Å². The van der Waals surface area contributed by atoms with Gasteiger partial charge in [0.1, 0.15) is 0 Å². The molecule has 0 amide bonds. The zero-order valence-electron chi connectivity index (χ0n) is 27.9. The van der Waals surface area contributed by atoms with Gasteiger partial charge in [-0.15, -0.1) is 0 Å². The number of aromatic nitrogens is 1. The summed E-state index contributed by atoms with van der Waals surface area (Å²) >= 11 is 0. The maximum absolute atomic E-state index is 5.63. The lowest BCUT2D eigenvalue weighted by Crippen LogP contribution is -2.33. The minimum atomic E-state index is 0.714. The zero-order chi connectivity index (χ0) is 32.8. The summed E-state index contributed by atoms with van der Waals surface area (Å²) in [6, 6.07) is 21.7. The van der Waals surface area contributed by atoms with Gasteiger partial charge in [0.25, 0.3) is 0 Å². The fourth-order valence-corrected chi connectivity index (χ4v) is 6.39. The second-order valence-electron chi connectivity index (χ2n) is 11.1. The van der Waals surface area contributed by atoms with Crippen molar-refractivity contribution >= 4 is 57.4 Å². The Kier molecular flexibility index (Phi) is 17.7. The summed E-state index contributed by atoms with van der Waals surface area (Å²) in [4.78, 5) is 9.10. The number of rotatable bonds is 21. The average molecular weight is 655 g/mol. The van der Waals surface area contributed by atoms with Crippen molar-refractivity contribution in [3.8, 4) is 0 Å². The SMILES string of the molecule is C=CC(/C=C/c1ccc(N(C)CCCN)cc1)=C\C=NCCSSCC[n+]1ccc(/C=C/c2ccc(N(C)CCCC)cc2)cc1. The number of anilines is 2. The minimum absolute atomic E-state index is 0.714. The molecular weight excluding hydrogens is 603 g/mol. The molecule has 0 saturated carbocycles. The number of pyridine rings is 1. The molecule has 2 aromatic carbocycles. The highest BCUT2D eigenvalue weighted by Gasteiger charge is 2.02. The van der Waals surface area contributed by atoms with Crippen LogP contribution in [0.4, 0.5) is 11.4 Å². The lowest BCUT2D eigenvalue weighted by Gasteiger charge is -2.18. The van der Waals surface area contributed by atoms with Crippen LogP contribution in [0, 0.1) is 0 Å². The number of benzene rings is 2. The molecule has 5 nitrogen and oxygen atoms in total. The summed E-state index contributed by atoms with van der Waals surface area (Å²) in [7, 11) is 8.04. The number of hydrogen-bond acceptors (Lipinski definition) is 6. The van der Waals surface area contributed by atoms with Crippen molar-refractivity contribution < 1.29 is 4.57 Å². The van der Waals surface area contributed by atoms with Gasteiger partial charge < -0.3 is 15.5 Å². The standard InChI is InChI=1S/C39H52N5S2/c1-5-7-27-42(3)38-17-15-36(16-18-38)11-12-37-22-29-44(30-23-37)31-33-46-45-32-26-41-25-21-34(6-2)9-10-35-13-19-39(20-14-35)43(4)28-8-24-40/h6,9-23,25,29-30H,2,5,7-8,24,26-28,31-33,40H2,1,3-4H3/q+1/b10-9+,34-21+,41-25?. The predicted octanol–water partition coefficient (Wildman–Crippen LogP) is 8.44. The molecule has 3 rings (SSSR count). The molecule has 0 saturated heterocycles. The minimum Gasteiger partial charge on any atom is -0.375 e. The predicted molar refractivity (Wildman–Crippen MR) is 209 cm³/mol. The van der Waals surface area contributed by atoms with Gasteiger partial charge in [0.05, 0.1) is 5.75 Å². The van der Waals surface area contributed by atoms with Crippen LogP contribution in [-0.4, -0.2) is 58.0 Å². The largest absolute Gasteiger partial charge is 0.375 e. The van der Waals surface area contributed by atoms with Crippen molar-refractivity contribution in [1.29, 1.82) is 0 Å². The van der Waals surface area contributed by atoms with Crippen LogP contribution in [0.15, 0.2) is 108 Å². The molecule has 0 bridgehead atoms. The van der Waals surface area contributed by atoms with Gasteiger partial charge >= 0.3 is 0 Å². The zero-order valence-corrected chi connectivity index (χ0v) is 29.6. The summed E-state index contributed by atoms with van der Waals surface area (Å²) in [5.74, 6) is 2.05. The quantitative estimate of drug-likeness (QED) is 0.0411. The Hall–Kier alpha value is -3.52. The van der Waals surface area contributed by atoms with Crippen LogP contribution in [0.1, 0.15) is 42.9 Å². The van der Waals surface area contributed by atoms with Gasteiger partial charge in [-0.05, 0) is 72.0 Å².